The van der Waals surface area contributed by atoms with Gasteiger partial charge in [0.15, 0.2) is 5.82 Å². The first-order valence-corrected chi connectivity index (χ1v) is 11.3. The van der Waals surface area contributed by atoms with Crippen molar-refractivity contribution in [3.8, 4) is 17.1 Å². The number of halogens is 1. The summed E-state index contributed by atoms with van der Waals surface area (Å²) < 4.78 is 15.4. The van der Waals surface area contributed by atoms with Gasteiger partial charge in [0.05, 0.1) is 11.9 Å². The van der Waals surface area contributed by atoms with Gasteiger partial charge in [0.1, 0.15) is 5.82 Å². The van der Waals surface area contributed by atoms with Crippen molar-refractivity contribution in [1.82, 2.24) is 25.1 Å². The maximum atomic E-state index is 13.4. The van der Waals surface area contributed by atoms with E-state index in [-0.39, 0.29) is 17.3 Å². The molecule has 1 N–H and O–H groups in total. The summed E-state index contributed by atoms with van der Waals surface area (Å²) in [5.41, 5.74) is 6.66. The Labute approximate surface area is 193 Å². The molecule has 5 nitrogen and oxygen atoms in total. The molecule has 2 heterocycles. The molecule has 0 saturated heterocycles. The first kappa shape index (κ1) is 21.5. The van der Waals surface area contributed by atoms with Crippen LogP contribution in [-0.2, 0) is 13.0 Å². The monoisotopic (exact) mass is 441 g/mol. The van der Waals surface area contributed by atoms with E-state index < -0.39 is 0 Å². The van der Waals surface area contributed by atoms with Crippen LogP contribution in [0.1, 0.15) is 48.7 Å². The molecule has 0 fully saturated rings. The van der Waals surface area contributed by atoms with Crippen LogP contribution in [0.15, 0.2) is 67.1 Å². The second kappa shape index (κ2) is 8.52. The number of fused-ring (bicyclic) bond motifs is 1. The molecule has 33 heavy (non-hydrogen) atoms. The number of benzene rings is 2. The average molecular weight is 442 g/mol. The van der Waals surface area contributed by atoms with Gasteiger partial charge in [-0.2, -0.15) is 5.10 Å². The van der Waals surface area contributed by atoms with Gasteiger partial charge < -0.3 is 5.32 Å². The standard InChI is InChI=1S/C27H28FN5/c1-18-6-4-5-7-22(18)26-30-15-19(16-31-26)14-29-24-12-27(2,3)13-25-23(24)17-32-33(25)21-10-8-20(28)9-11-21/h4-11,15-17,24,29H,12-14H2,1-3H3. The minimum absolute atomic E-state index is 0.119. The Kier molecular flexibility index (Phi) is 5.54. The van der Waals surface area contributed by atoms with Gasteiger partial charge in [0, 0.05) is 47.4 Å². The summed E-state index contributed by atoms with van der Waals surface area (Å²) in [6.07, 6.45) is 7.68. The van der Waals surface area contributed by atoms with Crippen LogP contribution in [0.4, 0.5) is 4.39 Å². The lowest BCUT2D eigenvalue weighted by molar-refractivity contribution is 0.252. The van der Waals surface area contributed by atoms with Crippen molar-refractivity contribution >= 4 is 0 Å². The van der Waals surface area contributed by atoms with Crippen LogP contribution in [-0.4, -0.2) is 19.7 Å². The lowest BCUT2D eigenvalue weighted by atomic mass is 9.74. The molecule has 1 atom stereocenters. The van der Waals surface area contributed by atoms with E-state index in [2.05, 4.69) is 47.2 Å². The molecule has 1 unspecified atom stereocenters. The zero-order valence-corrected chi connectivity index (χ0v) is 19.2. The maximum Gasteiger partial charge on any atom is 0.159 e. The van der Waals surface area contributed by atoms with Gasteiger partial charge in [-0.25, -0.2) is 19.0 Å². The minimum atomic E-state index is -0.240. The van der Waals surface area contributed by atoms with Gasteiger partial charge >= 0.3 is 0 Å². The zero-order chi connectivity index (χ0) is 23.0. The number of hydrogen-bond donors (Lipinski definition) is 1. The Balaban J connectivity index is 1.35. The van der Waals surface area contributed by atoms with Gasteiger partial charge in [-0.1, -0.05) is 38.1 Å². The molecule has 6 heteroatoms. The molecule has 1 aliphatic carbocycles. The fourth-order valence-corrected chi connectivity index (χ4v) is 4.68. The van der Waals surface area contributed by atoms with Gasteiger partial charge in [-0.15, -0.1) is 0 Å². The highest BCUT2D eigenvalue weighted by Gasteiger charge is 2.35. The van der Waals surface area contributed by atoms with Gasteiger partial charge in [-0.05, 0) is 55.0 Å². The minimum Gasteiger partial charge on any atom is -0.306 e. The fraction of sp³-hybridized carbons (Fsp3) is 0.296. The molecular formula is C27H28FN5. The van der Waals surface area contributed by atoms with E-state index in [1.807, 2.05) is 41.5 Å². The molecule has 0 spiro atoms. The van der Waals surface area contributed by atoms with Crippen LogP contribution in [0.5, 0.6) is 0 Å². The lowest BCUT2D eigenvalue weighted by Crippen LogP contribution is -2.33. The van der Waals surface area contributed by atoms with Gasteiger partial charge in [0.2, 0.25) is 0 Å². The van der Waals surface area contributed by atoms with E-state index >= 15 is 0 Å². The largest absolute Gasteiger partial charge is 0.306 e. The summed E-state index contributed by atoms with van der Waals surface area (Å²) in [7, 11) is 0. The SMILES string of the molecule is Cc1ccccc1-c1ncc(CNC2CC(C)(C)Cc3c2cnn3-c2ccc(F)cc2)cn1. The Hall–Kier alpha value is -3.38. The summed E-state index contributed by atoms with van der Waals surface area (Å²) >= 11 is 0. The Morgan fingerprint density at radius 3 is 2.48 bits per heavy atom. The van der Waals surface area contributed by atoms with Crippen LogP contribution in [0, 0.1) is 18.2 Å². The molecule has 4 aromatic rings. The van der Waals surface area contributed by atoms with Crippen LogP contribution >= 0.6 is 0 Å². The van der Waals surface area contributed by atoms with Crippen LogP contribution in [0.2, 0.25) is 0 Å². The lowest BCUT2D eigenvalue weighted by Gasteiger charge is -2.36. The quantitative estimate of drug-likeness (QED) is 0.439. The summed E-state index contributed by atoms with van der Waals surface area (Å²) in [4.78, 5) is 9.20. The Bertz CT molecular complexity index is 1260. The first-order chi connectivity index (χ1) is 15.9. The van der Waals surface area contributed by atoms with Crippen molar-refractivity contribution in [1.29, 1.82) is 0 Å². The molecule has 0 bridgehead atoms. The number of nitrogens with one attached hydrogen (secondary N) is 1. The van der Waals surface area contributed by atoms with Crippen molar-refractivity contribution in [3.05, 3.63) is 95.3 Å². The van der Waals surface area contributed by atoms with E-state index in [0.717, 1.165) is 35.5 Å². The Morgan fingerprint density at radius 2 is 1.76 bits per heavy atom. The summed E-state index contributed by atoms with van der Waals surface area (Å²) in [6, 6.07) is 14.8. The predicted octanol–water partition coefficient (Wildman–Crippen LogP) is 5.58. The molecule has 2 aromatic carbocycles. The van der Waals surface area contributed by atoms with Crippen LogP contribution in [0.25, 0.3) is 17.1 Å². The third-order valence-corrected chi connectivity index (χ3v) is 6.39. The predicted molar refractivity (Wildman–Crippen MR) is 127 cm³/mol. The van der Waals surface area contributed by atoms with E-state index in [9.17, 15) is 4.39 Å². The topological polar surface area (TPSA) is 55.6 Å². The molecule has 0 saturated carbocycles. The normalized spacial score (nSPS) is 17.0. The van der Waals surface area contributed by atoms with Gasteiger partial charge in [-0.3, -0.25) is 0 Å². The van der Waals surface area contributed by atoms with Crippen molar-refractivity contribution < 1.29 is 4.39 Å². The zero-order valence-electron chi connectivity index (χ0n) is 19.2. The highest BCUT2D eigenvalue weighted by molar-refractivity contribution is 5.59. The van der Waals surface area contributed by atoms with Crippen molar-refractivity contribution in [2.45, 2.75) is 46.2 Å². The molecule has 5 rings (SSSR count). The summed E-state index contributed by atoms with van der Waals surface area (Å²) in [5.74, 6) is 0.508. The molecule has 168 valence electrons. The second-order valence-corrected chi connectivity index (χ2v) is 9.64. The van der Waals surface area contributed by atoms with Crippen molar-refractivity contribution in [2.24, 2.45) is 5.41 Å². The van der Waals surface area contributed by atoms with E-state index in [1.165, 1.54) is 29.0 Å². The van der Waals surface area contributed by atoms with E-state index in [4.69, 9.17) is 0 Å². The number of hydrogen-bond acceptors (Lipinski definition) is 4. The third-order valence-electron chi connectivity index (χ3n) is 6.39. The summed E-state index contributed by atoms with van der Waals surface area (Å²) in [6.45, 7) is 7.32. The number of nitrogens with zero attached hydrogens (tertiary/aromatic N) is 4. The van der Waals surface area contributed by atoms with Gasteiger partial charge in [0.25, 0.3) is 0 Å². The molecule has 1 aliphatic rings. The number of aromatic nitrogens is 4. The average Bonchev–Trinajstić information content (AvgIpc) is 3.21. The molecule has 0 aliphatic heterocycles. The van der Waals surface area contributed by atoms with E-state index in [0.29, 0.717) is 6.54 Å². The Morgan fingerprint density at radius 1 is 1.03 bits per heavy atom. The second-order valence-electron chi connectivity index (χ2n) is 9.64. The van der Waals surface area contributed by atoms with Crippen LogP contribution in [0.3, 0.4) is 0 Å². The van der Waals surface area contributed by atoms with E-state index in [1.54, 1.807) is 12.1 Å². The molecule has 0 amide bonds. The highest BCUT2D eigenvalue weighted by Crippen LogP contribution is 2.41. The number of aryl methyl sites for hydroxylation is 1. The molecular weight excluding hydrogens is 413 g/mol. The third kappa shape index (κ3) is 4.44. The smallest absolute Gasteiger partial charge is 0.159 e. The highest BCUT2D eigenvalue weighted by atomic mass is 19.1. The first-order valence-electron chi connectivity index (χ1n) is 11.3. The maximum absolute atomic E-state index is 13.4. The molecule has 0 radical (unpaired) electrons. The van der Waals surface area contributed by atoms with Crippen molar-refractivity contribution in [3.63, 3.8) is 0 Å². The molecule has 2 aromatic heterocycles. The fourth-order valence-electron chi connectivity index (χ4n) is 4.68. The summed E-state index contributed by atoms with van der Waals surface area (Å²) in [5, 5.41) is 8.35. The van der Waals surface area contributed by atoms with Crippen molar-refractivity contribution in [2.75, 3.05) is 0 Å². The number of rotatable bonds is 5. The van der Waals surface area contributed by atoms with Crippen LogP contribution < -0.4 is 5.32 Å².